The van der Waals surface area contributed by atoms with Gasteiger partial charge in [0.25, 0.3) is 0 Å². The number of piperidine rings is 1. The Morgan fingerprint density at radius 2 is 2.00 bits per heavy atom. The Bertz CT molecular complexity index is 522. The fourth-order valence-electron chi connectivity index (χ4n) is 5.76. The van der Waals surface area contributed by atoms with Gasteiger partial charge in [0.15, 0.2) is 0 Å². The van der Waals surface area contributed by atoms with E-state index in [9.17, 15) is 4.79 Å². The van der Waals surface area contributed by atoms with Gasteiger partial charge < -0.3 is 9.64 Å². The summed E-state index contributed by atoms with van der Waals surface area (Å²) in [6.45, 7) is 7.60. The first-order valence-electron chi connectivity index (χ1n) is 9.04. The van der Waals surface area contributed by atoms with Crippen LogP contribution in [0.25, 0.3) is 0 Å². The molecule has 2 atom stereocenters. The minimum Gasteiger partial charge on any atom is -0.444 e. The number of carbonyl (C=O) groups excluding carboxylic acids is 1. The van der Waals surface area contributed by atoms with E-state index in [-0.39, 0.29) is 11.7 Å². The molecule has 0 aromatic rings. The van der Waals surface area contributed by atoms with Gasteiger partial charge in [0.1, 0.15) is 5.60 Å². The van der Waals surface area contributed by atoms with Crippen molar-refractivity contribution in [1.29, 1.82) is 0 Å². The van der Waals surface area contributed by atoms with E-state index < -0.39 is 0 Å². The van der Waals surface area contributed by atoms with Crippen molar-refractivity contribution in [3.8, 4) is 0 Å². The molecule has 3 fully saturated rings. The van der Waals surface area contributed by atoms with Crippen molar-refractivity contribution in [2.24, 2.45) is 16.7 Å². The van der Waals surface area contributed by atoms with Crippen LogP contribution in [0.3, 0.4) is 0 Å². The molecule has 4 aliphatic rings. The molecule has 2 saturated carbocycles. The molecule has 0 N–H and O–H groups in total. The van der Waals surface area contributed by atoms with Gasteiger partial charge in [-0.3, -0.25) is 0 Å². The zero-order valence-corrected chi connectivity index (χ0v) is 14.3. The van der Waals surface area contributed by atoms with E-state index in [0.717, 1.165) is 19.0 Å². The summed E-state index contributed by atoms with van der Waals surface area (Å²) in [6.07, 6.45) is 11.6. The van der Waals surface area contributed by atoms with Crippen molar-refractivity contribution in [2.45, 2.75) is 71.3 Å². The summed E-state index contributed by atoms with van der Waals surface area (Å²) >= 11 is 0. The number of amides is 1. The molecule has 0 aromatic carbocycles. The van der Waals surface area contributed by atoms with Crippen molar-refractivity contribution in [3.05, 3.63) is 11.6 Å². The maximum absolute atomic E-state index is 12.3. The summed E-state index contributed by atoms with van der Waals surface area (Å²) in [7, 11) is 0. The third-order valence-corrected chi connectivity index (χ3v) is 6.78. The van der Waals surface area contributed by atoms with Crippen LogP contribution in [0.5, 0.6) is 0 Å². The van der Waals surface area contributed by atoms with Gasteiger partial charge >= 0.3 is 6.09 Å². The summed E-state index contributed by atoms with van der Waals surface area (Å²) in [5.41, 5.74) is 2.46. The van der Waals surface area contributed by atoms with Gasteiger partial charge in [0.2, 0.25) is 0 Å². The molecule has 0 bridgehead atoms. The molecule has 1 amide bonds. The van der Waals surface area contributed by atoms with Gasteiger partial charge in [0, 0.05) is 18.5 Å². The first-order valence-corrected chi connectivity index (χ1v) is 9.04. The van der Waals surface area contributed by atoms with Gasteiger partial charge in [-0.2, -0.15) is 0 Å². The largest absolute Gasteiger partial charge is 0.444 e. The lowest BCUT2D eigenvalue weighted by atomic mass is 9.65. The lowest BCUT2D eigenvalue weighted by Gasteiger charge is -2.45. The summed E-state index contributed by atoms with van der Waals surface area (Å²) in [5.74, 6) is 0.961. The molecule has 0 aromatic heterocycles. The molecule has 22 heavy (non-hydrogen) atoms. The predicted molar refractivity (Wildman–Crippen MR) is 86.6 cm³/mol. The van der Waals surface area contributed by atoms with Gasteiger partial charge in [-0.05, 0) is 77.0 Å². The van der Waals surface area contributed by atoms with Crippen molar-refractivity contribution >= 4 is 6.09 Å². The third-order valence-electron chi connectivity index (χ3n) is 6.78. The number of ether oxygens (including phenoxy) is 1. The monoisotopic (exact) mass is 303 g/mol. The third kappa shape index (κ3) is 1.97. The Morgan fingerprint density at radius 1 is 1.27 bits per heavy atom. The van der Waals surface area contributed by atoms with E-state index in [1.165, 1.54) is 44.9 Å². The van der Waals surface area contributed by atoms with Crippen LogP contribution in [-0.4, -0.2) is 29.7 Å². The van der Waals surface area contributed by atoms with Gasteiger partial charge in [-0.15, -0.1) is 0 Å². The van der Waals surface area contributed by atoms with E-state index in [1.807, 2.05) is 25.7 Å². The Balaban J connectivity index is 1.46. The Morgan fingerprint density at radius 3 is 2.68 bits per heavy atom. The number of rotatable bonds is 0. The number of hydrogen-bond acceptors (Lipinski definition) is 2. The first-order chi connectivity index (χ1) is 10.4. The highest BCUT2D eigenvalue weighted by molar-refractivity contribution is 5.68. The van der Waals surface area contributed by atoms with Crippen molar-refractivity contribution < 1.29 is 9.53 Å². The number of carbonyl (C=O) groups is 1. The van der Waals surface area contributed by atoms with E-state index in [0.29, 0.717) is 10.8 Å². The van der Waals surface area contributed by atoms with Gasteiger partial charge in [0.05, 0.1) is 0 Å². The smallest absolute Gasteiger partial charge is 0.410 e. The minimum absolute atomic E-state index is 0.121. The van der Waals surface area contributed by atoms with E-state index >= 15 is 0 Å². The van der Waals surface area contributed by atoms with Crippen LogP contribution in [0.15, 0.2) is 11.6 Å². The lowest BCUT2D eigenvalue weighted by molar-refractivity contribution is 0.00141. The lowest BCUT2D eigenvalue weighted by Crippen LogP contribution is -2.47. The highest BCUT2D eigenvalue weighted by atomic mass is 16.6. The fraction of sp³-hybridized carbons (Fsp3) is 0.842. The van der Waals surface area contributed by atoms with Crippen molar-refractivity contribution in [1.82, 2.24) is 4.90 Å². The standard InChI is InChI=1S/C19H29NO2/c1-17(2,3)22-16(21)20-11-9-18(10-12-20)8-7-14-5-4-6-15-13-19(14,15)18/h5,15H,4,6-13H2,1-3H3/t15-,19?/m1/s1. The molecule has 1 aliphatic heterocycles. The van der Waals surface area contributed by atoms with Crippen LogP contribution in [0.4, 0.5) is 4.79 Å². The molecule has 2 spiro atoms. The summed E-state index contributed by atoms with van der Waals surface area (Å²) in [4.78, 5) is 14.2. The molecule has 3 nitrogen and oxygen atoms in total. The van der Waals surface area contributed by atoms with Crippen LogP contribution in [0.1, 0.15) is 65.7 Å². The number of nitrogens with zero attached hydrogens (tertiary/aromatic N) is 1. The maximum Gasteiger partial charge on any atom is 0.410 e. The summed E-state index contributed by atoms with van der Waals surface area (Å²) in [5, 5.41) is 0. The molecular weight excluding hydrogens is 274 g/mol. The van der Waals surface area contributed by atoms with Crippen LogP contribution in [0.2, 0.25) is 0 Å². The van der Waals surface area contributed by atoms with Crippen LogP contribution < -0.4 is 0 Å². The molecule has 122 valence electrons. The minimum atomic E-state index is -0.390. The Kier molecular flexibility index (Phi) is 3.00. The molecule has 1 unspecified atom stereocenters. The zero-order chi connectivity index (χ0) is 15.6. The Labute approximate surface area is 134 Å². The molecule has 1 saturated heterocycles. The molecular formula is C19H29NO2. The van der Waals surface area contributed by atoms with Crippen LogP contribution >= 0.6 is 0 Å². The molecule has 0 radical (unpaired) electrons. The van der Waals surface area contributed by atoms with Crippen molar-refractivity contribution in [3.63, 3.8) is 0 Å². The molecule has 3 aliphatic carbocycles. The quantitative estimate of drug-likeness (QED) is 0.616. The second-order valence-electron chi connectivity index (χ2n) is 8.93. The number of allylic oxidation sites excluding steroid dienone is 2. The first kappa shape index (κ1) is 14.6. The average molecular weight is 303 g/mol. The second kappa shape index (κ2) is 4.52. The van der Waals surface area contributed by atoms with Crippen LogP contribution in [0, 0.1) is 16.7 Å². The van der Waals surface area contributed by atoms with E-state index in [2.05, 4.69) is 6.08 Å². The normalized spacial score (nSPS) is 35.7. The Hall–Kier alpha value is -0.990. The molecule has 4 rings (SSSR count). The number of likely N-dealkylation sites (tertiary alicyclic amines) is 1. The highest BCUT2D eigenvalue weighted by Gasteiger charge is 2.70. The fourth-order valence-corrected chi connectivity index (χ4v) is 5.76. The maximum atomic E-state index is 12.3. The second-order valence-corrected chi connectivity index (χ2v) is 8.93. The summed E-state index contributed by atoms with van der Waals surface area (Å²) in [6, 6.07) is 0. The highest BCUT2D eigenvalue weighted by Crippen LogP contribution is 2.78. The topological polar surface area (TPSA) is 29.5 Å². The predicted octanol–water partition coefficient (Wildman–Crippen LogP) is 4.52. The van der Waals surface area contributed by atoms with Crippen molar-refractivity contribution in [2.75, 3.05) is 13.1 Å². The number of hydrogen-bond donors (Lipinski definition) is 0. The average Bonchev–Trinajstić information content (AvgIpc) is 3.14. The SMILES string of the molecule is CC(C)(C)OC(=O)N1CCC2(CCC3=CCC[C@@H]4CC342)CC1. The van der Waals surface area contributed by atoms with Crippen LogP contribution in [-0.2, 0) is 4.74 Å². The summed E-state index contributed by atoms with van der Waals surface area (Å²) < 4.78 is 5.55. The van der Waals surface area contributed by atoms with E-state index in [4.69, 9.17) is 4.74 Å². The van der Waals surface area contributed by atoms with Gasteiger partial charge in [-0.1, -0.05) is 11.6 Å². The molecule has 3 heteroatoms. The van der Waals surface area contributed by atoms with E-state index in [1.54, 1.807) is 5.57 Å². The molecule has 1 heterocycles. The van der Waals surface area contributed by atoms with Gasteiger partial charge in [-0.25, -0.2) is 4.79 Å². The zero-order valence-electron chi connectivity index (χ0n) is 14.3.